The van der Waals surface area contributed by atoms with E-state index in [1.165, 1.54) is 12.8 Å². The van der Waals surface area contributed by atoms with Gasteiger partial charge in [-0.05, 0) is 31.9 Å². The summed E-state index contributed by atoms with van der Waals surface area (Å²) in [6.07, 6.45) is 5.25. The van der Waals surface area contributed by atoms with Crippen molar-refractivity contribution in [3.63, 3.8) is 0 Å². The van der Waals surface area contributed by atoms with E-state index >= 15 is 0 Å². The summed E-state index contributed by atoms with van der Waals surface area (Å²) < 4.78 is 5.54. The molecule has 0 aliphatic rings. The van der Waals surface area contributed by atoms with Gasteiger partial charge in [-0.1, -0.05) is 20.3 Å². The van der Waals surface area contributed by atoms with Gasteiger partial charge < -0.3 is 10.1 Å². The van der Waals surface area contributed by atoms with Crippen LogP contribution in [0.25, 0.3) is 0 Å². The first-order valence-corrected chi connectivity index (χ1v) is 6.16. The predicted octanol–water partition coefficient (Wildman–Crippen LogP) is 3.47. The number of aromatic nitrogens is 1. The standard InChI is InChI=1S/C13H22N2O/c1-4-8-11(5-2)15-13-12(16-6-3)9-7-10-14-13/h7,9-11H,4-6,8H2,1-3H3,(H,14,15). The lowest BCUT2D eigenvalue weighted by molar-refractivity contribution is 0.340. The minimum Gasteiger partial charge on any atom is -0.490 e. The fourth-order valence-corrected chi connectivity index (χ4v) is 1.69. The zero-order valence-corrected chi connectivity index (χ0v) is 10.5. The van der Waals surface area contributed by atoms with Gasteiger partial charge in [-0.3, -0.25) is 0 Å². The Morgan fingerprint density at radius 2 is 2.19 bits per heavy atom. The van der Waals surface area contributed by atoms with Gasteiger partial charge in [0.25, 0.3) is 0 Å². The third kappa shape index (κ3) is 3.72. The number of nitrogens with one attached hydrogen (secondary N) is 1. The van der Waals surface area contributed by atoms with Crippen molar-refractivity contribution in [2.75, 3.05) is 11.9 Å². The van der Waals surface area contributed by atoms with E-state index in [4.69, 9.17) is 4.74 Å². The Morgan fingerprint density at radius 3 is 2.81 bits per heavy atom. The van der Waals surface area contributed by atoms with Crippen LogP contribution in [0.5, 0.6) is 5.75 Å². The fourth-order valence-electron chi connectivity index (χ4n) is 1.69. The van der Waals surface area contributed by atoms with Crippen molar-refractivity contribution in [1.29, 1.82) is 0 Å². The second-order valence-electron chi connectivity index (χ2n) is 3.82. The van der Waals surface area contributed by atoms with Crippen LogP contribution in [0.1, 0.15) is 40.0 Å². The number of rotatable bonds is 7. The van der Waals surface area contributed by atoms with Gasteiger partial charge in [0.1, 0.15) is 0 Å². The summed E-state index contributed by atoms with van der Waals surface area (Å²) in [6.45, 7) is 7.05. The van der Waals surface area contributed by atoms with Crippen LogP contribution in [-0.2, 0) is 0 Å². The van der Waals surface area contributed by atoms with Gasteiger partial charge in [-0.15, -0.1) is 0 Å². The monoisotopic (exact) mass is 222 g/mol. The van der Waals surface area contributed by atoms with E-state index in [1.54, 1.807) is 6.20 Å². The smallest absolute Gasteiger partial charge is 0.168 e. The van der Waals surface area contributed by atoms with Crippen molar-refractivity contribution < 1.29 is 4.74 Å². The summed E-state index contributed by atoms with van der Waals surface area (Å²) in [7, 11) is 0. The molecule has 16 heavy (non-hydrogen) atoms. The molecule has 0 aliphatic heterocycles. The molecule has 1 heterocycles. The van der Waals surface area contributed by atoms with E-state index in [-0.39, 0.29) is 0 Å². The molecule has 1 aromatic heterocycles. The third-order valence-electron chi connectivity index (χ3n) is 2.54. The van der Waals surface area contributed by atoms with Crippen LogP contribution in [0.15, 0.2) is 18.3 Å². The lowest BCUT2D eigenvalue weighted by atomic mass is 10.1. The number of pyridine rings is 1. The molecule has 0 aliphatic carbocycles. The first-order chi connectivity index (χ1) is 7.81. The largest absolute Gasteiger partial charge is 0.490 e. The van der Waals surface area contributed by atoms with Gasteiger partial charge in [0, 0.05) is 12.2 Å². The SMILES string of the molecule is CCCC(CC)Nc1ncccc1OCC. The molecule has 1 atom stereocenters. The van der Waals surface area contributed by atoms with Crippen LogP contribution >= 0.6 is 0 Å². The van der Waals surface area contributed by atoms with Gasteiger partial charge in [-0.25, -0.2) is 4.98 Å². The van der Waals surface area contributed by atoms with Crippen molar-refractivity contribution in [2.45, 2.75) is 46.1 Å². The zero-order chi connectivity index (χ0) is 11.8. The first kappa shape index (κ1) is 12.8. The summed E-state index contributed by atoms with van der Waals surface area (Å²) >= 11 is 0. The highest BCUT2D eigenvalue weighted by Crippen LogP contribution is 2.22. The fraction of sp³-hybridized carbons (Fsp3) is 0.615. The van der Waals surface area contributed by atoms with Crippen LogP contribution in [0.2, 0.25) is 0 Å². The van der Waals surface area contributed by atoms with Gasteiger partial charge in [0.05, 0.1) is 6.61 Å². The third-order valence-corrected chi connectivity index (χ3v) is 2.54. The lowest BCUT2D eigenvalue weighted by Crippen LogP contribution is -2.19. The van der Waals surface area contributed by atoms with Gasteiger partial charge in [0.15, 0.2) is 11.6 Å². The quantitative estimate of drug-likeness (QED) is 0.767. The molecule has 1 rings (SSSR count). The number of nitrogens with zero attached hydrogens (tertiary/aromatic N) is 1. The maximum absolute atomic E-state index is 5.54. The maximum atomic E-state index is 5.54. The molecule has 0 saturated carbocycles. The lowest BCUT2D eigenvalue weighted by Gasteiger charge is -2.18. The molecule has 0 radical (unpaired) electrons. The van der Waals surface area contributed by atoms with Crippen molar-refractivity contribution in [2.24, 2.45) is 0 Å². The molecule has 0 aromatic carbocycles. The molecule has 1 N–H and O–H groups in total. The normalized spacial score (nSPS) is 12.2. The summed E-state index contributed by atoms with van der Waals surface area (Å²) in [6, 6.07) is 4.34. The van der Waals surface area contributed by atoms with Gasteiger partial charge in [-0.2, -0.15) is 0 Å². The molecule has 1 unspecified atom stereocenters. The Labute approximate surface area is 98.2 Å². The van der Waals surface area contributed by atoms with Crippen molar-refractivity contribution >= 4 is 5.82 Å². The van der Waals surface area contributed by atoms with E-state index in [1.807, 2.05) is 19.1 Å². The van der Waals surface area contributed by atoms with Crippen LogP contribution in [0, 0.1) is 0 Å². The first-order valence-electron chi connectivity index (χ1n) is 6.16. The highest BCUT2D eigenvalue weighted by molar-refractivity contribution is 5.50. The Hall–Kier alpha value is -1.25. The van der Waals surface area contributed by atoms with Gasteiger partial charge in [0.2, 0.25) is 0 Å². The van der Waals surface area contributed by atoms with Crippen LogP contribution in [0.3, 0.4) is 0 Å². The average Bonchev–Trinajstić information content (AvgIpc) is 2.31. The molecule has 90 valence electrons. The topological polar surface area (TPSA) is 34.2 Å². The molecule has 0 bridgehead atoms. The van der Waals surface area contributed by atoms with E-state index in [0.717, 1.165) is 18.0 Å². The van der Waals surface area contributed by atoms with Crippen LogP contribution in [-0.4, -0.2) is 17.6 Å². The second-order valence-corrected chi connectivity index (χ2v) is 3.82. The van der Waals surface area contributed by atoms with E-state index in [0.29, 0.717) is 12.6 Å². The molecule has 3 heteroatoms. The Morgan fingerprint density at radius 1 is 1.38 bits per heavy atom. The summed E-state index contributed by atoms with van der Waals surface area (Å²) in [5, 5.41) is 3.45. The number of hydrogen-bond acceptors (Lipinski definition) is 3. The summed E-state index contributed by atoms with van der Waals surface area (Å²) in [5.41, 5.74) is 0. The summed E-state index contributed by atoms with van der Waals surface area (Å²) in [4.78, 5) is 4.33. The number of anilines is 1. The number of ether oxygens (including phenoxy) is 1. The zero-order valence-electron chi connectivity index (χ0n) is 10.5. The Bertz CT molecular complexity index is 302. The van der Waals surface area contributed by atoms with Crippen molar-refractivity contribution in [3.8, 4) is 5.75 Å². The second kappa shape index (κ2) is 7.09. The Kier molecular flexibility index (Phi) is 5.68. The molecular formula is C13H22N2O. The maximum Gasteiger partial charge on any atom is 0.168 e. The molecule has 3 nitrogen and oxygen atoms in total. The van der Waals surface area contributed by atoms with Crippen LogP contribution in [0.4, 0.5) is 5.82 Å². The summed E-state index contributed by atoms with van der Waals surface area (Å²) in [5.74, 6) is 1.71. The molecule has 0 amide bonds. The molecular weight excluding hydrogens is 200 g/mol. The average molecular weight is 222 g/mol. The minimum atomic E-state index is 0.485. The highest BCUT2D eigenvalue weighted by Gasteiger charge is 2.09. The van der Waals surface area contributed by atoms with Crippen molar-refractivity contribution in [3.05, 3.63) is 18.3 Å². The van der Waals surface area contributed by atoms with E-state index in [9.17, 15) is 0 Å². The minimum absolute atomic E-state index is 0.485. The Balaban J connectivity index is 2.70. The van der Waals surface area contributed by atoms with E-state index in [2.05, 4.69) is 24.1 Å². The van der Waals surface area contributed by atoms with Gasteiger partial charge >= 0.3 is 0 Å². The van der Waals surface area contributed by atoms with E-state index < -0.39 is 0 Å². The number of hydrogen-bond donors (Lipinski definition) is 1. The predicted molar refractivity (Wildman–Crippen MR) is 68.0 cm³/mol. The molecule has 0 saturated heterocycles. The van der Waals surface area contributed by atoms with Crippen LogP contribution < -0.4 is 10.1 Å². The van der Waals surface area contributed by atoms with Crippen molar-refractivity contribution in [1.82, 2.24) is 4.98 Å². The molecule has 0 fully saturated rings. The molecule has 0 spiro atoms. The highest BCUT2D eigenvalue weighted by atomic mass is 16.5. The molecule has 1 aromatic rings.